The highest BCUT2D eigenvalue weighted by molar-refractivity contribution is 6.43. The van der Waals surface area contributed by atoms with E-state index in [2.05, 4.69) is 364 Å². The third-order valence-electron chi connectivity index (χ3n) is 23.4. The Bertz CT molecular complexity index is 6420. The lowest BCUT2D eigenvalue weighted by Gasteiger charge is -2.23. The summed E-state index contributed by atoms with van der Waals surface area (Å²) < 4.78 is 0. The van der Waals surface area contributed by atoms with E-state index in [-0.39, 0.29) is 0 Å². The topological polar surface area (TPSA) is 0 Å². The molecule has 104 heavy (non-hydrogen) atoms. The van der Waals surface area contributed by atoms with Gasteiger partial charge in [-0.1, -0.05) is 315 Å². The Balaban J connectivity index is 0.849. The number of hydrogen-bond donors (Lipinski definition) is 0. The third kappa shape index (κ3) is 8.25. The van der Waals surface area contributed by atoms with Gasteiger partial charge in [0.25, 0.3) is 0 Å². The molecule has 0 heteroatoms. The summed E-state index contributed by atoms with van der Waals surface area (Å²) in [6.07, 6.45) is 0. The highest BCUT2D eigenvalue weighted by Crippen LogP contribution is 2.64. The van der Waals surface area contributed by atoms with Crippen molar-refractivity contribution in [3.05, 3.63) is 364 Å². The molecule has 0 saturated carbocycles. The molecule has 0 saturated heterocycles. The maximum atomic E-state index is 2.54. The number of benzene rings is 21. The van der Waals surface area contributed by atoms with Crippen molar-refractivity contribution in [3.8, 4) is 134 Å². The lowest BCUT2D eigenvalue weighted by Crippen LogP contribution is -1.96. The van der Waals surface area contributed by atoms with Gasteiger partial charge in [-0.05, 0) is 290 Å². The predicted octanol–water partition coefficient (Wildman–Crippen LogP) is 29.3. The largest absolute Gasteiger partial charge is 0.0622 e. The van der Waals surface area contributed by atoms with E-state index < -0.39 is 0 Å². The number of fused-ring (bicyclic) bond motifs is 14. The van der Waals surface area contributed by atoms with Crippen LogP contribution in [-0.4, -0.2) is 0 Å². The van der Waals surface area contributed by atoms with Crippen LogP contribution in [0.3, 0.4) is 0 Å². The highest BCUT2D eigenvalue weighted by Gasteiger charge is 2.37. The maximum Gasteiger partial charge on any atom is -0.000740 e. The van der Waals surface area contributed by atoms with Crippen molar-refractivity contribution >= 4 is 108 Å². The summed E-state index contributed by atoms with van der Waals surface area (Å²) in [5.41, 5.74) is 29.7. The van der Waals surface area contributed by atoms with E-state index in [4.69, 9.17) is 0 Å². The van der Waals surface area contributed by atoms with Crippen molar-refractivity contribution < 1.29 is 0 Å². The Morgan fingerprint density at radius 1 is 0.106 bits per heavy atom. The van der Waals surface area contributed by atoms with Crippen molar-refractivity contribution in [2.45, 2.75) is 0 Å². The molecule has 476 valence electrons. The predicted molar refractivity (Wildman–Crippen MR) is 445 cm³/mol. The SMILES string of the molecule is c1ccc(-c2cc3c(-c4ccc5ccccc5c4)c4c(c(-c5ccc6ccccc6c5)c3cc2-c2ccccc2)-c2ccc3c5ccc6c7c(ccc(c8ccc-4c2c83)c75)-c2c-6c(-c3ccc4ccccc4c3)c3cc(-c4ccccc4)c(-c4ccccc4)cc3c2-c2ccc3ccccc3c2)cc1. The second-order valence-electron chi connectivity index (χ2n) is 28.7. The molecule has 0 aromatic heterocycles. The lowest BCUT2D eigenvalue weighted by molar-refractivity contribution is 1.59. The van der Waals surface area contributed by atoms with Gasteiger partial charge in [-0.25, -0.2) is 0 Å². The third-order valence-corrected chi connectivity index (χ3v) is 23.4. The number of rotatable bonds is 8. The lowest BCUT2D eigenvalue weighted by atomic mass is 9.79. The van der Waals surface area contributed by atoms with Gasteiger partial charge in [0, 0.05) is 0 Å². The fourth-order valence-electron chi connectivity index (χ4n) is 18.9. The molecule has 21 aromatic rings. The molecule has 0 nitrogen and oxygen atoms in total. The maximum absolute atomic E-state index is 2.54. The smallest absolute Gasteiger partial charge is 0.000740 e. The van der Waals surface area contributed by atoms with Gasteiger partial charge in [-0.15, -0.1) is 0 Å². The van der Waals surface area contributed by atoms with E-state index in [1.54, 1.807) is 0 Å². The average molecular weight is 1310 g/mol. The molecule has 0 radical (unpaired) electrons. The van der Waals surface area contributed by atoms with Crippen molar-refractivity contribution in [2.75, 3.05) is 0 Å². The molecular formula is C104H60. The van der Waals surface area contributed by atoms with Gasteiger partial charge in [0.15, 0.2) is 0 Å². The molecule has 0 heterocycles. The summed E-state index contributed by atoms with van der Waals surface area (Å²) in [4.78, 5) is 0. The molecule has 0 bridgehead atoms. The summed E-state index contributed by atoms with van der Waals surface area (Å²) in [7, 11) is 0. The molecule has 21 aromatic carbocycles. The highest BCUT2D eigenvalue weighted by atomic mass is 14.4. The molecule has 0 aliphatic heterocycles. The van der Waals surface area contributed by atoms with E-state index in [9.17, 15) is 0 Å². The Morgan fingerprint density at radius 2 is 0.317 bits per heavy atom. The first kappa shape index (κ1) is 57.3. The fraction of sp³-hybridized carbons (Fsp3) is 0. The monoisotopic (exact) mass is 1310 g/mol. The minimum absolute atomic E-state index is 1.19. The molecule has 0 N–H and O–H groups in total. The summed E-state index contributed by atoms with van der Waals surface area (Å²) in [6.45, 7) is 0. The van der Waals surface area contributed by atoms with Crippen LogP contribution in [-0.2, 0) is 0 Å². The van der Waals surface area contributed by atoms with Crippen molar-refractivity contribution in [2.24, 2.45) is 0 Å². The normalized spacial score (nSPS) is 12.2. The van der Waals surface area contributed by atoms with Crippen LogP contribution in [0.5, 0.6) is 0 Å². The summed E-state index contributed by atoms with van der Waals surface area (Å²) >= 11 is 0. The summed E-state index contributed by atoms with van der Waals surface area (Å²) in [5.74, 6) is 0. The van der Waals surface area contributed by atoms with Crippen LogP contribution in [0.25, 0.3) is 241 Å². The second kappa shape index (κ2) is 22.0. The first-order chi connectivity index (χ1) is 51.6. The van der Waals surface area contributed by atoms with Crippen molar-refractivity contribution in [3.63, 3.8) is 0 Å². The van der Waals surface area contributed by atoms with E-state index in [1.165, 1.54) is 241 Å². The Morgan fingerprint density at radius 3 is 0.548 bits per heavy atom. The van der Waals surface area contributed by atoms with Gasteiger partial charge >= 0.3 is 0 Å². The van der Waals surface area contributed by atoms with Gasteiger partial charge in [0.1, 0.15) is 0 Å². The molecule has 0 fully saturated rings. The van der Waals surface area contributed by atoms with Gasteiger partial charge in [0.05, 0.1) is 0 Å². The van der Waals surface area contributed by atoms with Crippen LogP contribution in [0.1, 0.15) is 0 Å². The molecule has 0 amide bonds. The van der Waals surface area contributed by atoms with Gasteiger partial charge in [0.2, 0.25) is 0 Å². The van der Waals surface area contributed by atoms with E-state index in [0.29, 0.717) is 0 Å². The molecule has 0 unspecified atom stereocenters. The summed E-state index contributed by atoms with van der Waals surface area (Å²) in [6, 6.07) is 139. The van der Waals surface area contributed by atoms with Crippen LogP contribution in [0, 0.1) is 0 Å². The van der Waals surface area contributed by atoms with E-state index in [1.807, 2.05) is 0 Å². The number of hydrogen-bond acceptors (Lipinski definition) is 0. The van der Waals surface area contributed by atoms with E-state index in [0.717, 1.165) is 0 Å². The standard InChI is InChI=1S/C104H60/c1-5-25-65(26-6-1)85-57-89-90(58-86(85)66-27-7-2-8-28-66)94(74-42-38-62-22-14-18-34-70(62)54-74)102-82-50-46-78-80-48-52-84-100-83(51-47-79(98(80)100)77-45-49-81(99(82)97(77)78)101(102)93(89)73-41-37-61-21-13-17-33-69(61)53-73)103-95(75-43-39-63-23-15-19-35-71(63)55-75)91-59-87(67-29-9-3-10-30-67)88(68-31-11-4-12-32-68)60-92(91)96(104(84)103)76-44-40-64-24-16-20-36-72(64)56-76/h1-60H. The molecule has 0 spiro atoms. The zero-order valence-corrected chi connectivity index (χ0v) is 56.6. The Labute approximate surface area is 601 Å². The van der Waals surface area contributed by atoms with Crippen LogP contribution in [0.4, 0.5) is 0 Å². The van der Waals surface area contributed by atoms with Gasteiger partial charge in [-0.3, -0.25) is 0 Å². The molecule has 2 aliphatic carbocycles. The van der Waals surface area contributed by atoms with Crippen LogP contribution < -0.4 is 0 Å². The van der Waals surface area contributed by atoms with Crippen molar-refractivity contribution in [1.29, 1.82) is 0 Å². The Hall–Kier alpha value is -13.5. The fourth-order valence-corrected chi connectivity index (χ4v) is 18.9. The Kier molecular flexibility index (Phi) is 12.1. The quantitative estimate of drug-likeness (QED) is 0.105. The van der Waals surface area contributed by atoms with Crippen molar-refractivity contribution in [1.82, 2.24) is 0 Å². The van der Waals surface area contributed by atoms with Crippen LogP contribution in [0.15, 0.2) is 364 Å². The molecule has 0 atom stereocenters. The minimum atomic E-state index is 1.19. The molecule has 2 aliphatic rings. The average Bonchev–Trinajstić information content (AvgIpc) is 1.50. The van der Waals surface area contributed by atoms with Gasteiger partial charge in [-0.2, -0.15) is 0 Å². The summed E-state index contributed by atoms with van der Waals surface area (Å²) in [5, 5.41) is 25.1. The van der Waals surface area contributed by atoms with Gasteiger partial charge < -0.3 is 0 Å². The zero-order valence-electron chi connectivity index (χ0n) is 56.6. The minimum Gasteiger partial charge on any atom is -0.0622 e. The van der Waals surface area contributed by atoms with Crippen LogP contribution >= 0.6 is 0 Å². The van der Waals surface area contributed by atoms with Crippen LogP contribution in [0.2, 0.25) is 0 Å². The molecular weight excluding hydrogens is 1250 g/mol. The van der Waals surface area contributed by atoms with E-state index >= 15 is 0 Å². The first-order valence-corrected chi connectivity index (χ1v) is 36.4. The molecule has 23 rings (SSSR count). The zero-order chi connectivity index (χ0) is 67.8. The first-order valence-electron chi connectivity index (χ1n) is 36.4. The second-order valence-corrected chi connectivity index (χ2v) is 28.7.